The van der Waals surface area contributed by atoms with E-state index in [9.17, 15) is 5.11 Å². The Kier molecular flexibility index (Phi) is 4.66. The first-order chi connectivity index (χ1) is 6.74. The maximum atomic E-state index is 9.70. The lowest BCUT2D eigenvalue weighted by atomic mass is 10.1. The largest absolute Gasteiger partial charge is 0.387 e. The zero-order chi connectivity index (χ0) is 10.4. The Labute approximate surface area is 89.2 Å². The molecular weight excluding hydrogens is 198 g/mol. The second kappa shape index (κ2) is 5.81. The number of aliphatic hydroxyl groups excluding tert-OH is 1. The predicted molar refractivity (Wildman–Crippen MR) is 59.5 cm³/mol. The molecule has 0 fully saturated rings. The van der Waals surface area contributed by atoms with Gasteiger partial charge in [0.15, 0.2) is 0 Å². The van der Waals surface area contributed by atoms with Crippen LogP contribution in [0.25, 0.3) is 0 Å². The van der Waals surface area contributed by atoms with Gasteiger partial charge in [-0.1, -0.05) is 29.8 Å². The van der Waals surface area contributed by atoms with Gasteiger partial charge in [-0.05, 0) is 17.7 Å². The van der Waals surface area contributed by atoms with E-state index in [0.29, 0.717) is 18.1 Å². The fraction of sp³-hybridized carbons (Fsp3) is 0.273. The van der Waals surface area contributed by atoms with E-state index in [0.717, 1.165) is 5.56 Å². The summed E-state index contributed by atoms with van der Waals surface area (Å²) in [5, 5.41) is 13.4. The molecule has 2 N–H and O–H groups in total. The summed E-state index contributed by atoms with van der Waals surface area (Å²) in [7, 11) is 0. The summed E-state index contributed by atoms with van der Waals surface area (Å²) < 4.78 is 0. The molecule has 0 spiro atoms. The fourth-order valence-electron chi connectivity index (χ4n) is 1.12. The zero-order valence-corrected chi connectivity index (χ0v) is 8.67. The second-order valence-electron chi connectivity index (χ2n) is 3.01. The van der Waals surface area contributed by atoms with Crippen LogP contribution >= 0.6 is 11.6 Å². The number of hydrogen-bond acceptors (Lipinski definition) is 2. The maximum absolute atomic E-state index is 9.70. The minimum atomic E-state index is -0.493. The van der Waals surface area contributed by atoms with Gasteiger partial charge in [0, 0.05) is 18.1 Å². The molecule has 0 saturated heterocycles. The molecule has 76 valence electrons. The van der Waals surface area contributed by atoms with Gasteiger partial charge in [-0.15, -0.1) is 6.58 Å². The van der Waals surface area contributed by atoms with Crippen LogP contribution in [0.4, 0.5) is 0 Å². The Hall–Kier alpha value is -0.830. The van der Waals surface area contributed by atoms with Gasteiger partial charge in [0.25, 0.3) is 0 Å². The van der Waals surface area contributed by atoms with Crippen LogP contribution in [0.1, 0.15) is 11.7 Å². The summed E-state index contributed by atoms with van der Waals surface area (Å²) in [5.74, 6) is 0. The topological polar surface area (TPSA) is 32.3 Å². The Morgan fingerprint density at radius 1 is 1.43 bits per heavy atom. The smallest absolute Gasteiger partial charge is 0.0914 e. The van der Waals surface area contributed by atoms with Crippen molar-refractivity contribution in [3.05, 3.63) is 47.5 Å². The number of nitrogens with one attached hydrogen (secondary N) is 1. The Bertz CT molecular complexity index is 284. The molecule has 14 heavy (non-hydrogen) atoms. The molecule has 1 rings (SSSR count). The van der Waals surface area contributed by atoms with E-state index in [1.165, 1.54) is 0 Å². The molecule has 0 bridgehead atoms. The number of benzene rings is 1. The summed E-state index contributed by atoms with van der Waals surface area (Å²) >= 11 is 5.73. The van der Waals surface area contributed by atoms with Crippen LogP contribution in [0.15, 0.2) is 36.9 Å². The van der Waals surface area contributed by atoms with E-state index in [2.05, 4.69) is 11.9 Å². The second-order valence-corrected chi connectivity index (χ2v) is 3.45. The van der Waals surface area contributed by atoms with Crippen LogP contribution in [0, 0.1) is 0 Å². The van der Waals surface area contributed by atoms with Gasteiger partial charge in [-0.3, -0.25) is 0 Å². The highest BCUT2D eigenvalue weighted by Gasteiger charge is 2.05. The van der Waals surface area contributed by atoms with Crippen molar-refractivity contribution in [1.29, 1.82) is 0 Å². The molecule has 0 heterocycles. The van der Waals surface area contributed by atoms with Crippen LogP contribution in [0.2, 0.25) is 5.02 Å². The highest BCUT2D eigenvalue weighted by atomic mass is 35.5. The third kappa shape index (κ3) is 3.50. The lowest BCUT2D eigenvalue weighted by Crippen LogP contribution is -2.21. The molecule has 3 heteroatoms. The van der Waals surface area contributed by atoms with Crippen molar-refractivity contribution in [2.24, 2.45) is 0 Å². The van der Waals surface area contributed by atoms with Crippen molar-refractivity contribution >= 4 is 11.6 Å². The van der Waals surface area contributed by atoms with E-state index in [-0.39, 0.29) is 0 Å². The molecule has 1 aromatic rings. The summed E-state index contributed by atoms with van der Waals surface area (Å²) in [6.07, 6.45) is 1.27. The van der Waals surface area contributed by atoms with E-state index in [1.54, 1.807) is 18.2 Å². The Morgan fingerprint density at radius 2 is 2.07 bits per heavy atom. The third-order valence-electron chi connectivity index (χ3n) is 1.88. The lowest BCUT2D eigenvalue weighted by molar-refractivity contribution is 0.176. The van der Waals surface area contributed by atoms with Gasteiger partial charge in [0.1, 0.15) is 0 Å². The van der Waals surface area contributed by atoms with Crippen molar-refractivity contribution in [2.75, 3.05) is 13.1 Å². The molecule has 1 aromatic carbocycles. The molecule has 2 nitrogen and oxygen atoms in total. The fourth-order valence-corrected chi connectivity index (χ4v) is 1.25. The van der Waals surface area contributed by atoms with E-state index in [4.69, 9.17) is 11.6 Å². The van der Waals surface area contributed by atoms with Crippen molar-refractivity contribution in [3.63, 3.8) is 0 Å². The molecule has 0 aliphatic heterocycles. The molecule has 0 aliphatic rings. The normalized spacial score (nSPS) is 12.4. The van der Waals surface area contributed by atoms with Gasteiger partial charge in [-0.2, -0.15) is 0 Å². The Balaban J connectivity index is 2.47. The molecule has 0 amide bonds. The van der Waals surface area contributed by atoms with Gasteiger partial charge in [0.2, 0.25) is 0 Å². The number of aliphatic hydroxyl groups is 1. The van der Waals surface area contributed by atoms with Gasteiger partial charge >= 0.3 is 0 Å². The van der Waals surface area contributed by atoms with Crippen LogP contribution in [-0.2, 0) is 0 Å². The first kappa shape index (κ1) is 11.2. The molecule has 1 atom stereocenters. The third-order valence-corrected chi connectivity index (χ3v) is 2.13. The number of hydrogen-bond donors (Lipinski definition) is 2. The SMILES string of the molecule is C=CCNCC(O)c1ccc(Cl)cc1. The summed E-state index contributed by atoms with van der Waals surface area (Å²) in [5.41, 5.74) is 0.867. The minimum absolute atomic E-state index is 0.493. The highest BCUT2D eigenvalue weighted by molar-refractivity contribution is 6.30. The number of halogens is 1. The average molecular weight is 212 g/mol. The van der Waals surface area contributed by atoms with Crippen LogP contribution in [-0.4, -0.2) is 18.2 Å². The minimum Gasteiger partial charge on any atom is -0.387 e. The zero-order valence-electron chi connectivity index (χ0n) is 7.91. The molecule has 0 aliphatic carbocycles. The summed E-state index contributed by atoms with van der Waals surface area (Å²) in [4.78, 5) is 0. The van der Waals surface area contributed by atoms with E-state index >= 15 is 0 Å². The van der Waals surface area contributed by atoms with Crippen molar-refractivity contribution < 1.29 is 5.11 Å². The van der Waals surface area contributed by atoms with E-state index < -0.39 is 6.10 Å². The van der Waals surface area contributed by atoms with Gasteiger partial charge in [-0.25, -0.2) is 0 Å². The standard InChI is InChI=1S/C11H14ClNO/c1-2-7-13-8-11(14)9-3-5-10(12)6-4-9/h2-6,11,13-14H,1,7-8H2. The maximum Gasteiger partial charge on any atom is 0.0914 e. The van der Waals surface area contributed by atoms with Gasteiger partial charge < -0.3 is 10.4 Å². The first-order valence-corrected chi connectivity index (χ1v) is 4.87. The average Bonchev–Trinajstić information content (AvgIpc) is 2.19. The number of rotatable bonds is 5. The van der Waals surface area contributed by atoms with Crippen molar-refractivity contribution in [2.45, 2.75) is 6.10 Å². The van der Waals surface area contributed by atoms with E-state index in [1.807, 2.05) is 12.1 Å². The van der Waals surface area contributed by atoms with Crippen molar-refractivity contribution in [1.82, 2.24) is 5.32 Å². The van der Waals surface area contributed by atoms with Crippen LogP contribution in [0.3, 0.4) is 0 Å². The molecule has 0 radical (unpaired) electrons. The molecule has 0 saturated carbocycles. The van der Waals surface area contributed by atoms with Crippen molar-refractivity contribution in [3.8, 4) is 0 Å². The van der Waals surface area contributed by atoms with Gasteiger partial charge in [0.05, 0.1) is 6.10 Å². The highest BCUT2D eigenvalue weighted by Crippen LogP contribution is 2.15. The monoisotopic (exact) mass is 211 g/mol. The summed E-state index contributed by atoms with van der Waals surface area (Å²) in [6.45, 7) is 4.80. The summed E-state index contributed by atoms with van der Waals surface area (Å²) in [6, 6.07) is 7.19. The quantitative estimate of drug-likeness (QED) is 0.578. The molecular formula is C11H14ClNO. The lowest BCUT2D eigenvalue weighted by Gasteiger charge is -2.11. The molecule has 0 aromatic heterocycles. The Morgan fingerprint density at radius 3 is 2.64 bits per heavy atom. The van der Waals surface area contributed by atoms with Crippen LogP contribution in [0.5, 0.6) is 0 Å². The first-order valence-electron chi connectivity index (χ1n) is 4.49. The van der Waals surface area contributed by atoms with Crippen LogP contribution < -0.4 is 5.32 Å². The predicted octanol–water partition coefficient (Wildman–Crippen LogP) is 2.15. The molecule has 1 unspecified atom stereocenters.